The maximum atomic E-state index is 13.2. The van der Waals surface area contributed by atoms with Crippen LogP contribution in [0.2, 0.25) is 0 Å². The summed E-state index contributed by atoms with van der Waals surface area (Å²) in [5, 5.41) is 5.69. The van der Waals surface area contributed by atoms with E-state index in [0.717, 1.165) is 11.1 Å². The van der Waals surface area contributed by atoms with Gasteiger partial charge in [0.2, 0.25) is 5.91 Å². The number of hydrogen-bond acceptors (Lipinski definition) is 6. The molecule has 2 N–H and O–H groups in total. The summed E-state index contributed by atoms with van der Waals surface area (Å²) in [5.41, 5.74) is 3.62. The first-order valence-corrected chi connectivity index (χ1v) is 12.2. The SMILES string of the molecule is COCCNC(=O)[C@H]1[C@@H](c2ccc(NC(=O)c3ccc(C)cc3)cc2)OC(=O)N1Cc1cccc(OC)c1. The highest BCUT2D eigenvalue weighted by Crippen LogP contribution is 2.35. The van der Waals surface area contributed by atoms with Crippen molar-refractivity contribution in [2.45, 2.75) is 25.6 Å². The van der Waals surface area contributed by atoms with Crippen LogP contribution >= 0.6 is 0 Å². The Morgan fingerprint density at radius 1 is 1.00 bits per heavy atom. The first-order chi connectivity index (χ1) is 18.4. The highest BCUT2D eigenvalue weighted by Gasteiger charge is 2.46. The molecule has 0 spiro atoms. The van der Waals surface area contributed by atoms with Crippen LogP contribution in [0.5, 0.6) is 5.75 Å². The van der Waals surface area contributed by atoms with Crippen LogP contribution in [-0.2, 0) is 20.8 Å². The fourth-order valence-electron chi connectivity index (χ4n) is 4.22. The van der Waals surface area contributed by atoms with Crippen molar-refractivity contribution in [2.75, 3.05) is 32.7 Å². The molecule has 3 aromatic carbocycles. The number of hydrogen-bond donors (Lipinski definition) is 2. The second kappa shape index (κ2) is 12.2. The summed E-state index contributed by atoms with van der Waals surface area (Å²) in [7, 11) is 3.11. The molecule has 3 amide bonds. The van der Waals surface area contributed by atoms with Gasteiger partial charge in [-0.15, -0.1) is 0 Å². The molecule has 3 aromatic rings. The number of nitrogens with zero attached hydrogens (tertiary/aromatic N) is 1. The molecule has 9 heteroatoms. The minimum absolute atomic E-state index is 0.166. The topological polar surface area (TPSA) is 106 Å². The summed E-state index contributed by atoms with van der Waals surface area (Å²) in [4.78, 5) is 40.2. The largest absolute Gasteiger partial charge is 0.497 e. The van der Waals surface area contributed by atoms with Crippen molar-refractivity contribution in [1.82, 2.24) is 10.2 Å². The fourth-order valence-corrected chi connectivity index (χ4v) is 4.22. The third kappa shape index (κ3) is 6.30. The molecular weight excluding hydrogens is 486 g/mol. The van der Waals surface area contributed by atoms with Gasteiger partial charge in [-0.25, -0.2) is 4.79 Å². The van der Waals surface area contributed by atoms with E-state index < -0.39 is 18.2 Å². The average molecular weight is 518 g/mol. The lowest BCUT2D eigenvalue weighted by Gasteiger charge is -2.24. The van der Waals surface area contributed by atoms with Crippen LogP contribution in [0.1, 0.15) is 33.2 Å². The lowest BCUT2D eigenvalue weighted by Crippen LogP contribution is -2.47. The van der Waals surface area contributed by atoms with Gasteiger partial charge in [0.1, 0.15) is 5.75 Å². The molecule has 1 fully saturated rings. The standard InChI is InChI=1S/C29H31N3O6/c1-19-7-9-22(10-8-19)27(33)31-23-13-11-21(12-14-23)26-25(28(34)30-15-16-36-2)32(29(35)38-26)18-20-5-4-6-24(17-20)37-3/h4-14,17,25-26H,15-16,18H2,1-3H3,(H,30,34)(H,31,33)/t25-,26-/m1/s1. The number of benzene rings is 3. The molecular formula is C29H31N3O6. The van der Waals surface area contributed by atoms with Gasteiger partial charge in [0.05, 0.1) is 20.3 Å². The number of amides is 3. The Bertz CT molecular complexity index is 1280. The van der Waals surface area contributed by atoms with Gasteiger partial charge >= 0.3 is 6.09 Å². The number of cyclic esters (lactones) is 1. The number of carbonyl (C=O) groups is 3. The molecule has 1 heterocycles. The molecule has 0 aromatic heterocycles. The van der Waals surface area contributed by atoms with E-state index in [1.165, 1.54) is 4.90 Å². The van der Waals surface area contributed by atoms with Crippen LogP contribution in [0.4, 0.5) is 10.5 Å². The van der Waals surface area contributed by atoms with Crippen molar-refractivity contribution >= 4 is 23.6 Å². The maximum absolute atomic E-state index is 13.2. The number of ether oxygens (including phenoxy) is 3. The summed E-state index contributed by atoms with van der Waals surface area (Å²) in [6.45, 7) is 2.76. The van der Waals surface area contributed by atoms with E-state index in [1.807, 2.05) is 43.3 Å². The first kappa shape index (κ1) is 26.7. The second-order valence-electron chi connectivity index (χ2n) is 8.95. The van der Waals surface area contributed by atoms with Crippen LogP contribution in [0.25, 0.3) is 0 Å². The molecule has 2 atom stereocenters. The molecule has 0 bridgehead atoms. The summed E-state index contributed by atoms with van der Waals surface area (Å²) in [6, 6.07) is 20.6. The highest BCUT2D eigenvalue weighted by atomic mass is 16.6. The highest BCUT2D eigenvalue weighted by molar-refractivity contribution is 6.04. The summed E-state index contributed by atoms with van der Waals surface area (Å²) < 4.78 is 16.0. The minimum atomic E-state index is -0.904. The van der Waals surface area contributed by atoms with Crippen LogP contribution in [0, 0.1) is 6.92 Å². The van der Waals surface area contributed by atoms with E-state index >= 15 is 0 Å². The fraction of sp³-hybridized carbons (Fsp3) is 0.276. The first-order valence-electron chi connectivity index (χ1n) is 12.2. The molecule has 9 nitrogen and oxygen atoms in total. The lowest BCUT2D eigenvalue weighted by molar-refractivity contribution is -0.126. The molecule has 1 saturated heterocycles. The minimum Gasteiger partial charge on any atom is -0.497 e. The van der Waals surface area contributed by atoms with Gasteiger partial charge in [0, 0.05) is 24.9 Å². The smallest absolute Gasteiger partial charge is 0.411 e. The van der Waals surface area contributed by atoms with Gasteiger partial charge in [-0.3, -0.25) is 14.5 Å². The molecule has 0 aliphatic carbocycles. The third-order valence-corrected chi connectivity index (χ3v) is 6.26. The van der Waals surface area contributed by atoms with E-state index in [1.54, 1.807) is 50.6 Å². The number of rotatable bonds is 10. The summed E-state index contributed by atoms with van der Waals surface area (Å²) in [6.07, 6.45) is -1.43. The van der Waals surface area contributed by atoms with E-state index in [9.17, 15) is 14.4 Å². The Morgan fingerprint density at radius 2 is 1.74 bits per heavy atom. The van der Waals surface area contributed by atoms with Crippen molar-refractivity contribution < 1.29 is 28.6 Å². The maximum Gasteiger partial charge on any atom is 0.411 e. The molecule has 1 aliphatic heterocycles. The molecule has 0 unspecified atom stereocenters. The zero-order chi connectivity index (χ0) is 27.1. The number of anilines is 1. The third-order valence-electron chi connectivity index (χ3n) is 6.26. The van der Waals surface area contributed by atoms with E-state index in [2.05, 4.69) is 10.6 Å². The molecule has 0 radical (unpaired) electrons. The molecule has 38 heavy (non-hydrogen) atoms. The monoisotopic (exact) mass is 517 g/mol. The quantitative estimate of drug-likeness (QED) is 0.393. The van der Waals surface area contributed by atoms with Crippen molar-refractivity contribution in [3.8, 4) is 5.75 Å². The number of methoxy groups -OCH3 is 2. The number of nitrogens with one attached hydrogen (secondary N) is 2. The van der Waals surface area contributed by atoms with Crippen LogP contribution in [0.15, 0.2) is 72.8 Å². The Balaban J connectivity index is 1.54. The Hall–Kier alpha value is -4.37. The molecule has 1 aliphatic rings. The Morgan fingerprint density at radius 3 is 2.42 bits per heavy atom. The Kier molecular flexibility index (Phi) is 8.60. The van der Waals surface area contributed by atoms with Crippen LogP contribution in [-0.4, -0.2) is 56.2 Å². The number of aryl methyl sites for hydroxylation is 1. The zero-order valence-corrected chi connectivity index (χ0v) is 21.6. The second-order valence-corrected chi connectivity index (χ2v) is 8.95. The van der Waals surface area contributed by atoms with Gasteiger partial charge in [-0.05, 0) is 54.4 Å². The van der Waals surface area contributed by atoms with Gasteiger partial charge in [-0.1, -0.05) is 42.0 Å². The van der Waals surface area contributed by atoms with Crippen molar-refractivity contribution in [1.29, 1.82) is 0 Å². The van der Waals surface area contributed by atoms with Crippen LogP contribution in [0.3, 0.4) is 0 Å². The van der Waals surface area contributed by atoms with Gasteiger partial charge < -0.3 is 24.8 Å². The van der Waals surface area contributed by atoms with Crippen molar-refractivity contribution in [2.24, 2.45) is 0 Å². The average Bonchev–Trinajstić information content (AvgIpc) is 3.25. The van der Waals surface area contributed by atoms with E-state index in [4.69, 9.17) is 14.2 Å². The number of carbonyl (C=O) groups excluding carboxylic acids is 3. The molecule has 198 valence electrons. The predicted molar refractivity (Wildman–Crippen MR) is 142 cm³/mol. The summed E-state index contributed by atoms with van der Waals surface area (Å²) in [5.74, 6) is 0.0680. The van der Waals surface area contributed by atoms with Gasteiger partial charge in [0.25, 0.3) is 5.91 Å². The van der Waals surface area contributed by atoms with E-state index in [0.29, 0.717) is 35.7 Å². The Labute approximate surface area is 221 Å². The lowest BCUT2D eigenvalue weighted by atomic mass is 10.00. The van der Waals surface area contributed by atoms with E-state index in [-0.39, 0.29) is 18.4 Å². The zero-order valence-electron chi connectivity index (χ0n) is 21.6. The molecule has 4 rings (SSSR count). The van der Waals surface area contributed by atoms with Gasteiger partial charge in [-0.2, -0.15) is 0 Å². The predicted octanol–water partition coefficient (Wildman–Crippen LogP) is 4.08. The summed E-state index contributed by atoms with van der Waals surface area (Å²) >= 11 is 0. The normalized spacial score (nSPS) is 16.6. The van der Waals surface area contributed by atoms with Crippen molar-refractivity contribution in [3.05, 3.63) is 95.1 Å². The van der Waals surface area contributed by atoms with Crippen molar-refractivity contribution in [3.63, 3.8) is 0 Å². The van der Waals surface area contributed by atoms with Crippen LogP contribution < -0.4 is 15.4 Å². The van der Waals surface area contributed by atoms with Gasteiger partial charge in [0.15, 0.2) is 12.1 Å². The molecule has 0 saturated carbocycles.